The van der Waals surface area contributed by atoms with Gasteiger partial charge in [0.1, 0.15) is 19.8 Å². The largest absolute Gasteiger partial charge is 0.472 e. The van der Waals surface area contributed by atoms with Crippen molar-refractivity contribution in [2.45, 2.75) is 174 Å². The number of likely N-dealkylation sites (N-methyl/N-ethyl adjacent to an activating group) is 1. The monoisotopic (exact) mass is 783 g/mol. The van der Waals surface area contributed by atoms with Gasteiger partial charge < -0.3 is 18.9 Å². The first-order chi connectivity index (χ1) is 26.0. The highest BCUT2D eigenvalue weighted by Gasteiger charge is 2.26. The van der Waals surface area contributed by atoms with Crippen LogP contribution in [0.25, 0.3) is 0 Å². The molecule has 0 fully saturated rings. The Bertz CT molecular complexity index is 1070. The molecule has 0 aliphatic rings. The molecular formula is C44H81NO8P+. The van der Waals surface area contributed by atoms with E-state index in [1.165, 1.54) is 141 Å². The normalized spacial score (nSPS) is 14.1. The van der Waals surface area contributed by atoms with E-state index in [2.05, 4.69) is 13.8 Å². The summed E-state index contributed by atoms with van der Waals surface area (Å²) in [5, 5.41) is 0. The molecule has 0 spiro atoms. The highest BCUT2D eigenvalue weighted by Crippen LogP contribution is 2.43. The molecule has 10 heteroatoms. The molecule has 0 bridgehead atoms. The van der Waals surface area contributed by atoms with Crippen LogP contribution in [0.4, 0.5) is 0 Å². The maximum absolute atomic E-state index is 12.5. The number of esters is 2. The number of phosphoric acid groups is 1. The zero-order valence-corrected chi connectivity index (χ0v) is 36.1. The molecular weight excluding hydrogens is 701 g/mol. The fraction of sp³-hybridized carbons (Fsp3) is 0.773. The molecule has 0 aromatic carbocycles. The lowest BCUT2D eigenvalue weighted by Crippen LogP contribution is -2.37. The van der Waals surface area contributed by atoms with E-state index in [4.69, 9.17) is 18.5 Å². The van der Waals surface area contributed by atoms with Crippen LogP contribution in [0.2, 0.25) is 0 Å². The van der Waals surface area contributed by atoms with E-state index < -0.39 is 32.5 Å². The summed E-state index contributed by atoms with van der Waals surface area (Å²) in [4.78, 5) is 35.0. The van der Waals surface area contributed by atoms with Crippen LogP contribution in [0.15, 0.2) is 48.6 Å². The lowest BCUT2D eigenvalue weighted by Gasteiger charge is -2.24. The van der Waals surface area contributed by atoms with Gasteiger partial charge in [-0.15, -0.1) is 0 Å². The first-order valence-corrected chi connectivity index (χ1v) is 22.9. The Morgan fingerprint density at radius 2 is 0.981 bits per heavy atom. The molecule has 0 saturated heterocycles. The van der Waals surface area contributed by atoms with Gasteiger partial charge in [0.15, 0.2) is 6.10 Å². The number of phosphoric ester groups is 1. The first-order valence-electron chi connectivity index (χ1n) is 21.4. The Morgan fingerprint density at radius 1 is 0.574 bits per heavy atom. The smallest absolute Gasteiger partial charge is 0.458 e. The van der Waals surface area contributed by atoms with Crippen LogP contribution < -0.4 is 0 Å². The molecule has 0 saturated carbocycles. The Morgan fingerprint density at radius 3 is 1.41 bits per heavy atom. The Kier molecular flexibility index (Phi) is 35.2. The number of hydrogen-bond donors (Lipinski definition) is 1. The number of nitrogens with zero attached hydrogens (tertiary/aromatic N) is 1. The third kappa shape index (κ3) is 39.7. The van der Waals surface area contributed by atoms with Crippen molar-refractivity contribution < 1.29 is 42.1 Å². The van der Waals surface area contributed by atoms with Crippen molar-refractivity contribution in [3.8, 4) is 0 Å². The second-order valence-electron chi connectivity index (χ2n) is 15.5. The van der Waals surface area contributed by atoms with E-state index in [1.54, 1.807) is 12.2 Å². The fourth-order valence-electron chi connectivity index (χ4n) is 5.66. The van der Waals surface area contributed by atoms with E-state index >= 15 is 0 Å². The topological polar surface area (TPSA) is 108 Å². The summed E-state index contributed by atoms with van der Waals surface area (Å²) in [6.07, 6.45) is 42.9. The lowest BCUT2D eigenvalue weighted by molar-refractivity contribution is -0.870. The lowest BCUT2D eigenvalue weighted by atomic mass is 10.1. The van der Waals surface area contributed by atoms with Crippen LogP contribution in [0, 0.1) is 0 Å². The number of unbranched alkanes of at least 4 members (excludes halogenated alkanes) is 22. The molecule has 1 N–H and O–H groups in total. The van der Waals surface area contributed by atoms with Crippen molar-refractivity contribution in [1.29, 1.82) is 0 Å². The van der Waals surface area contributed by atoms with Gasteiger partial charge in [-0.1, -0.05) is 179 Å². The molecule has 0 radical (unpaired) electrons. The van der Waals surface area contributed by atoms with Crippen molar-refractivity contribution in [1.82, 2.24) is 0 Å². The number of allylic oxidation sites excluding steroid dienone is 6. The molecule has 2 unspecified atom stereocenters. The van der Waals surface area contributed by atoms with Gasteiger partial charge >= 0.3 is 19.8 Å². The van der Waals surface area contributed by atoms with Crippen LogP contribution in [-0.2, 0) is 32.7 Å². The van der Waals surface area contributed by atoms with Gasteiger partial charge in [0, 0.05) is 12.2 Å². The van der Waals surface area contributed by atoms with E-state index in [0.717, 1.165) is 25.7 Å². The van der Waals surface area contributed by atoms with Gasteiger partial charge in [0.05, 0.1) is 27.7 Å². The summed E-state index contributed by atoms with van der Waals surface area (Å²) in [5.74, 6) is -1.30. The van der Waals surface area contributed by atoms with Crippen LogP contribution in [0.1, 0.15) is 168 Å². The number of carbonyl (C=O) groups excluding carboxylic acids is 2. The summed E-state index contributed by atoms with van der Waals surface area (Å²) < 4.78 is 33.8. The van der Waals surface area contributed by atoms with Crippen molar-refractivity contribution in [3.63, 3.8) is 0 Å². The number of quaternary nitrogens is 1. The van der Waals surface area contributed by atoms with Crippen LogP contribution in [0.3, 0.4) is 0 Å². The Balaban J connectivity index is 4.59. The van der Waals surface area contributed by atoms with E-state index in [-0.39, 0.29) is 13.2 Å². The van der Waals surface area contributed by atoms with Gasteiger partial charge in [-0.2, -0.15) is 0 Å². The van der Waals surface area contributed by atoms with Crippen molar-refractivity contribution in [3.05, 3.63) is 48.6 Å². The first kappa shape index (κ1) is 52.0. The Labute approximate surface area is 331 Å². The van der Waals surface area contributed by atoms with Gasteiger partial charge in [-0.25, -0.2) is 14.2 Å². The van der Waals surface area contributed by atoms with Crippen molar-refractivity contribution in [2.75, 3.05) is 47.5 Å². The average Bonchev–Trinajstić information content (AvgIpc) is 3.12. The van der Waals surface area contributed by atoms with Crippen molar-refractivity contribution in [2.24, 2.45) is 0 Å². The van der Waals surface area contributed by atoms with E-state index in [1.807, 2.05) is 45.4 Å². The quantitative estimate of drug-likeness (QED) is 0.0165. The zero-order valence-electron chi connectivity index (χ0n) is 35.2. The summed E-state index contributed by atoms with van der Waals surface area (Å²) in [5.41, 5.74) is 0. The minimum absolute atomic E-state index is 0.00253. The second kappa shape index (κ2) is 36.6. The second-order valence-corrected chi connectivity index (χ2v) is 17.0. The summed E-state index contributed by atoms with van der Waals surface area (Å²) in [6, 6.07) is 0. The molecule has 0 aliphatic heterocycles. The minimum atomic E-state index is -4.42. The number of carbonyl (C=O) groups is 2. The molecule has 0 amide bonds. The molecule has 9 nitrogen and oxygen atoms in total. The molecule has 0 aliphatic carbocycles. The molecule has 2 atom stereocenters. The summed E-state index contributed by atoms with van der Waals surface area (Å²) in [6.45, 7) is 4.16. The number of ether oxygens (including phenoxy) is 2. The van der Waals surface area contributed by atoms with Gasteiger partial charge in [0.2, 0.25) is 0 Å². The Hall–Kier alpha value is -2.03. The van der Waals surface area contributed by atoms with Crippen LogP contribution in [-0.4, -0.2) is 74.9 Å². The predicted molar refractivity (Wildman–Crippen MR) is 224 cm³/mol. The summed E-state index contributed by atoms with van der Waals surface area (Å²) >= 11 is 0. The molecule has 0 aromatic rings. The third-order valence-electron chi connectivity index (χ3n) is 9.04. The maximum atomic E-state index is 12.5. The standard InChI is InChI=1S/C44H80NO8P/c1-6-8-10-12-14-16-18-20-22-24-26-28-30-32-34-36-43(46)50-40-42(41-52-54(48,49)51-39-38-45(3,4)5)53-44(47)37-35-33-31-29-27-25-23-21-19-17-15-13-11-9-7-2/h30-37,42H,6-29,38-41H2,1-5H3/p+1/b32-30+,33-31+,36-34+,37-35+. The molecule has 0 heterocycles. The van der Waals surface area contributed by atoms with E-state index in [9.17, 15) is 19.0 Å². The molecule has 54 heavy (non-hydrogen) atoms. The van der Waals surface area contributed by atoms with Gasteiger partial charge in [-0.05, 0) is 25.7 Å². The van der Waals surface area contributed by atoms with Crippen molar-refractivity contribution >= 4 is 19.8 Å². The average molecular weight is 783 g/mol. The predicted octanol–water partition coefficient (Wildman–Crippen LogP) is 11.9. The highest BCUT2D eigenvalue weighted by molar-refractivity contribution is 7.47. The third-order valence-corrected chi connectivity index (χ3v) is 10.0. The van der Waals surface area contributed by atoms with E-state index in [0.29, 0.717) is 11.0 Å². The minimum Gasteiger partial charge on any atom is -0.458 e. The number of rotatable bonds is 38. The molecule has 314 valence electrons. The highest BCUT2D eigenvalue weighted by atomic mass is 31.2. The SMILES string of the molecule is CCCCCCCCCCCCC/C=C/C=C/C(=O)OCC(COP(=O)(O)OCC[N+](C)(C)C)OC(=O)/C=C/C=C/CCCCCCCCCCCCC. The van der Waals surface area contributed by atoms with Crippen LogP contribution >= 0.6 is 7.82 Å². The molecule has 0 rings (SSSR count). The van der Waals surface area contributed by atoms with Gasteiger partial charge in [-0.3, -0.25) is 9.05 Å². The summed E-state index contributed by atoms with van der Waals surface area (Å²) in [7, 11) is 1.38. The van der Waals surface area contributed by atoms with Crippen LogP contribution in [0.5, 0.6) is 0 Å². The molecule has 0 aromatic heterocycles. The van der Waals surface area contributed by atoms with Gasteiger partial charge in [0.25, 0.3) is 0 Å². The fourth-order valence-corrected chi connectivity index (χ4v) is 6.40. The number of hydrogen-bond acceptors (Lipinski definition) is 7. The maximum Gasteiger partial charge on any atom is 0.472 e. The zero-order chi connectivity index (χ0) is 40.0.